The number of anilines is 1. The van der Waals surface area contributed by atoms with E-state index < -0.39 is 23.6 Å². The van der Waals surface area contributed by atoms with Gasteiger partial charge in [-0.05, 0) is 56.7 Å². The molecule has 0 aliphatic carbocycles. The van der Waals surface area contributed by atoms with Crippen LogP contribution in [0.3, 0.4) is 0 Å². The molecule has 0 aliphatic rings. The largest absolute Gasteiger partial charge is 0.478 e. The maximum atomic E-state index is 14.5. The lowest BCUT2D eigenvalue weighted by molar-refractivity contribution is 0.0698. The van der Waals surface area contributed by atoms with Crippen LogP contribution < -0.4 is 10.7 Å². The summed E-state index contributed by atoms with van der Waals surface area (Å²) in [5.41, 5.74) is 2.05. The molecule has 0 fully saturated rings. The summed E-state index contributed by atoms with van der Waals surface area (Å²) >= 11 is 0. The summed E-state index contributed by atoms with van der Waals surface area (Å²) in [5, 5.41) is 13.0. The fourth-order valence-electron chi connectivity index (χ4n) is 3.93. The monoisotopic (exact) mass is 449 g/mol. The fourth-order valence-corrected chi connectivity index (χ4v) is 3.93. The second-order valence-electron chi connectivity index (χ2n) is 7.96. The van der Waals surface area contributed by atoms with E-state index in [2.05, 4.69) is 5.32 Å². The second kappa shape index (κ2) is 8.50. The number of benzene rings is 3. The van der Waals surface area contributed by atoms with Gasteiger partial charge in [-0.2, -0.15) is 0 Å². The Morgan fingerprint density at radius 2 is 1.79 bits per heavy atom. The number of fused-ring (bicyclic) bond motifs is 1. The van der Waals surface area contributed by atoms with Crippen molar-refractivity contribution in [3.05, 3.63) is 98.7 Å². The van der Waals surface area contributed by atoms with Crippen molar-refractivity contribution in [2.75, 3.05) is 5.32 Å². The Kier molecular flexibility index (Phi) is 5.72. The number of carboxylic acid groups (broad SMARTS) is 1. The number of halogens is 2. The quantitative estimate of drug-likeness (QED) is 0.378. The molecule has 1 aromatic heterocycles. The Morgan fingerprint density at radius 1 is 1.06 bits per heavy atom. The van der Waals surface area contributed by atoms with Gasteiger partial charge < -0.3 is 14.8 Å². The number of hydrogen-bond acceptors (Lipinski definition) is 4. The number of carboxylic acids is 1. The van der Waals surface area contributed by atoms with E-state index in [1.165, 1.54) is 19.1 Å². The lowest BCUT2D eigenvalue weighted by atomic mass is 9.98. The van der Waals surface area contributed by atoms with Crippen molar-refractivity contribution in [2.45, 2.75) is 26.8 Å². The molecule has 33 heavy (non-hydrogen) atoms. The van der Waals surface area contributed by atoms with E-state index in [1.54, 1.807) is 24.3 Å². The Balaban J connectivity index is 1.91. The number of carbonyl (C=O) groups is 1. The van der Waals surface area contributed by atoms with Crippen molar-refractivity contribution in [3.63, 3.8) is 0 Å². The van der Waals surface area contributed by atoms with E-state index in [1.807, 2.05) is 19.9 Å². The Bertz CT molecular complexity index is 1460. The van der Waals surface area contributed by atoms with E-state index in [4.69, 9.17) is 4.42 Å². The fraction of sp³-hybridized carbons (Fsp3) is 0.154. The molecule has 4 aromatic rings. The molecule has 7 heteroatoms. The highest BCUT2D eigenvalue weighted by Crippen LogP contribution is 2.33. The summed E-state index contributed by atoms with van der Waals surface area (Å²) in [7, 11) is 0. The zero-order valence-electron chi connectivity index (χ0n) is 18.2. The maximum Gasteiger partial charge on any atom is 0.337 e. The minimum atomic E-state index is -1.07. The van der Waals surface area contributed by atoms with Gasteiger partial charge in [0.15, 0.2) is 5.43 Å². The maximum absolute atomic E-state index is 14.5. The highest BCUT2D eigenvalue weighted by molar-refractivity contribution is 5.94. The molecule has 0 aliphatic heterocycles. The lowest BCUT2D eigenvalue weighted by Gasteiger charge is -2.20. The molecule has 168 valence electrons. The number of hydrogen-bond donors (Lipinski definition) is 2. The number of nitrogens with one attached hydrogen (secondary N) is 1. The second-order valence-corrected chi connectivity index (χ2v) is 7.96. The summed E-state index contributed by atoms with van der Waals surface area (Å²) in [5.74, 6) is -2.62. The minimum absolute atomic E-state index is 0.0174. The van der Waals surface area contributed by atoms with Crippen LogP contribution in [0.5, 0.6) is 0 Å². The van der Waals surface area contributed by atoms with E-state index >= 15 is 0 Å². The highest BCUT2D eigenvalue weighted by atomic mass is 19.1. The zero-order valence-corrected chi connectivity index (χ0v) is 18.2. The molecule has 0 spiro atoms. The SMILES string of the molecule is Cc1cc(C(C)Nc2ccccc2C(=O)O)c2oc(-c3ccc(F)cc3F)c(C)c(=O)c2c1. The average molecular weight is 449 g/mol. The Hall–Kier alpha value is -4.00. The predicted octanol–water partition coefficient (Wildman–Crippen LogP) is 6.23. The normalized spacial score (nSPS) is 12.0. The van der Waals surface area contributed by atoms with Crippen LogP contribution in [0.15, 0.2) is 63.8 Å². The van der Waals surface area contributed by atoms with Crippen LogP contribution in [-0.2, 0) is 0 Å². The van der Waals surface area contributed by atoms with Crippen molar-refractivity contribution in [3.8, 4) is 11.3 Å². The Morgan fingerprint density at radius 3 is 2.48 bits per heavy atom. The van der Waals surface area contributed by atoms with Gasteiger partial charge in [-0.3, -0.25) is 4.79 Å². The van der Waals surface area contributed by atoms with Crippen LogP contribution in [0, 0.1) is 25.5 Å². The number of para-hydroxylation sites is 1. The van der Waals surface area contributed by atoms with Gasteiger partial charge in [0.05, 0.1) is 22.6 Å². The average Bonchev–Trinajstić information content (AvgIpc) is 2.76. The van der Waals surface area contributed by atoms with Crippen LogP contribution in [0.2, 0.25) is 0 Å². The van der Waals surface area contributed by atoms with Crippen molar-refractivity contribution in [1.82, 2.24) is 0 Å². The van der Waals surface area contributed by atoms with Gasteiger partial charge in [0.2, 0.25) is 0 Å². The van der Waals surface area contributed by atoms with Crippen molar-refractivity contribution >= 4 is 22.6 Å². The molecule has 5 nitrogen and oxygen atoms in total. The standard InChI is InChI=1S/C26H21F2NO4/c1-13-10-19(15(3)29-22-7-5-4-6-18(22)26(31)32)25-20(11-13)23(30)14(2)24(33-25)17-9-8-16(27)12-21(17)28/h4-12,15,29H,1-3H3,(H,31,32). The molecule has 2 N–H and O–H groups in total. The first-order chi connectivity index (χ1) is 15.7. The topological polar surface area (TPSA) is 79.5 Å². The van der Waals surface area contributed by atoms with Gasteiger partial charge in [0.25, 0.3) is 0 Å². The third kappa shape index (κ3) is 4.09. The molecule has 4 rings (SSSR count). The van der Waals surface area contributed by atoms with Crippen LogP contribution in [0.4, 0.5) is 14.5 Å². The molecular weight excluding hydrogens is 428 g/mol. The summed E-state index contributed by atoms with van der Waals surface area (Å²) in [6, 6.07) is 12.6. The molecule has 0 saturated carbocycles. The molecule has 1 heterocycles. The highest BCUT2D eigenvalue weighted by Gasteiger charge is 2.21. The van der Waals surface area contributed by atoms with Crippen molar-refractivity contribution in [2.24, 2.45) is 0 Å². The van der Waals surface area contributed by atoms with E-state index in [0.717, 1.165) is 17.7 Å². The van der Waals surface area contributed by atoms with Crippen LogP contribution in [0.1, 0.15) is 40.0 Å². The zero-order chi connectivity index (χ0) is 23.9. The van der Waals surface area contributed by atoms with Gasteiger partial charge >= 0.3 is 5.97 Å². The minimum Gasteiger partial charge on any atom is -0.478 e. The first kappa shape index (κ1) is 22.2. The van der Waals surface area contributed by atoms with Crippen molar-refractivity contribution < 1.29 is 23.1 Å². The predicted molar refractivity (Wildman–Crippen MR) is 123 cm³/mol. The molecular formula is C26H21F2NO4. The van der Waals surface area contributed by atoms with E-state index in [9.17, 15) is 23.5 Å². The third-order valence-electron chi connectivity index (χ3n) is 5.56. The van der Waals surface area contributed by atoms with Gasteiger partial charge in [0, 0.05) is 22.9 Å². The molecule has 0 saturated heterocycles. The molecule has 0 bridgehead atoms. The Labute approximate surface area is 188 Å². The third-order valence-corrected chi connectivity index (χ3v) is 5.56. The summed E-state index contributed by atoms with van der Waals surface area (Å²) in [6.07, 6.45) is 0. The number of aromatic carboxylic acids is 1. The molecule has 1 atom stereocenters. The van der Waals surface area contributed by atoms with Gasteiger partial charge in [-0.15, -0.1) is 0 Å². The lowest BCUT2D eigenvalue weighted by Crippen LogP contribution is -2.14. The molecule has 1 unspecified atom stereocenters. The number of aryl methyl sites for hydroxylation is 1. The first-order valence-electron chi connectivity index (χ1n) is 10.3. The van der Waals surface area contributed by atoms with Crippen LogP contribution >= 0.6 is 0 Å². The van der Waals surface area contributed by atoms with Crippen molar-refractivity contribution in [1.29, 1.82) is 0 Å². The smallest absolute Gasteiger partial charge is 0.337 e. The summed E-state index contributed by atoms with van der Waals surface area (Å²) in [4.78, 5) is 24.8. The summed E-state index contributed by atoms with van der Waals surface area (Å²) < 4.78 is 34.0. The van der Waals surface area contributed by atoms with E-state index in [0.29, 0.717) is 16.6 Å². The van der Waals surface area contributed by atoms with Gasteiger partial charge in [0.1, 0.15) is 23.0 Å². The molecule has 0 amide bonds. The van der Waals surface area contributed by atoms with Crippen LogP contribution in [0.25, 0.3) is 22.3 Å². The van der Waals surface area contributed by atoms with E-state index in [-0.39, 0.29) is 33.5 Å². The van der Waals surface area contributed by atoms with Crippen LogP contribution in [-0.4, -0.2) is 11.1 Å². The van der Waals surface area contributed by atoms with Gasteiger partial charge in [-0.1, -0.05) is 18.2 Å². The first-order valence-corrected chi connectivity index (χ1v) is 10.3. The summed E-state index contributed by atoms with van der Waals surface area (Å²) in [6.45, 7) is 5.18. The molecule has 3 aromatic carbocycles. The number of rotatable bonds is 5. The molecule has 0 radical (unpaired) electrons. The van der Waals surface area contributed by atoms with Gasteiger partial charge in [-0.25, -0.2) is 13.6 Å².